The average Bonchev–Trinajstić information content (AvgIpc) is 3.72. The van der Waals surface area contributed by atoms with Crippen LogP contribution in [0.4, 0.5) is 5.69 Å². The third-order valence-corrected chi connectivity index (χ3v) is 8.40. The second kappa shape index (κ2) is 12.8. The van der Waals surface area contributed by atoms with Crippen molar-refractivity contribution in [3.63, 3.8) is 0 Å². The highest BCUT2D eigenvalue weighted by molar-refractivity contribution is 5.74. The molecule has 1 aliphatic carbocycles. The van der Waals surface area contributed by atoms with Crippen molar-refractivity contribution in [2.45, 2.75) is 51.5 Å². The molecule has 44 heavy (non-hydrogen) atoms. The van der Waals surface area contributed by atoms with Gasteiger partial charge in [-0.05, 0) is 72.4 Å². The Morgan fingerprint density at radius 1 is 0.886 bits per heavy atom. The number of para-hydroxylation sites is 3. The fraction of sp³-hybridized carbons (Fsp3) is 0.222. The van der Waals surface area contributed by atoms with E-state index in [1.54, 1.807) is 6.07 Å². The van der Waals surface area contributed by atoms with Gasteiger partial charge in [-0.1, -0.05) is 54.6 Å². The summed E-state index contributed by atoms with van der Waals surface area (Å²) in [6.07, 6.45) is 5.25. The van der Waals surface area contributed by atoms with Crippen LogP contribution in [0.3, 0.4) is 0 Å². The summed E-state index contributed by atoms with van der Waals surface area (Å²) in [6, 6.07) is 32.7. The minimum Gasteiger partial charge on any atom is -0.459 e. The predicted molar refractivity (Wildman–Crippen MR) is 170 cm³/mol. The topological polar surface area (TPSA) is 101 Å². The van der Waals surface area contributed by atoms with Crippen molar-refractivity contribution in [1.82, 2.24) is 25.2 Å². The molecular formula is C36H35N6O2+. The molecule has 3 aromatic heterocycles. The van der Waals surface area contributed by atoms with Gasteiger partial charge in [-0.15, -0.1) is 0 Å². The Labute approximate surface area is 256 Å². The molecular weight excluding hydrogens is 548 g/mol. The molecule has 8 nitrogen and oxygen atoms in total. The van der Waals surface area contributed by atoms with E-state index in [-0.39, 0.29) is 6.04 Å². The van der Waals surface area contributed by atoms with E-state index < -0.39 is 0 Å². The lowest BCUT2D eigenvalue weighted by atomic mass is 9.90. The predicted octanol–water partition coefficient (Wildman–Crippen LogP) is 6.07. The average molecular weight is 584 g/mol. The first-order valence-corrected chi connectivity index (χ1v) is 15.2. The van der Waals surface area contributed by atoms with Crippen molar-refractivity contribution in [1.29, 1.82) is 0 Å². The zero-order chi connectivity index (χ0) is 29.7. The van der Waals surface area contributed by atoms with Gasteiger partial charge in [0.2, 0.25) is 0 Å². The van der Waals surface area contributed by atoms with E-state index in [1.807, 2.05) is 59.9 Å². The summed E-state index contributed by atoms with van der Waals surface area (Å²) in [5.74, 6) is 2.47. The van der Waals surface area contributed by atoms with Crippen LogP contribution in [0.5, 0.6) is 0 Å². The lowest BCUT2D eigenvalue weighted by molar-refractivity contribution is -0.378. The molecule has 0 aliphatic heterocycles. The van der Waals surface area contributed by atoms with Crippen LogP contribution in [0.15, 0.2) is 108 Å². The summed E-state index contributed by atoms with van der Waals surface area (Å²) < 4.78 is 6.00. The van der Waals surface area contributed by atoms with E-state index in [1.165, 1.54) is 22.4 Å². The molecule has 1 atom stereocenters. The maximum Gasteiger partial charge on any atom is 0.264 e. The Morgan fingerprint density at radius 3 is 2.61 bits per heavy atom. The van der Waals surface area contributed by atoms with Gasteiger partial charge in [0.05, 0.1) is 41.4 Å². The van der Waals surface area contributed by atoms with Crippen LogP contribution >= 0.6 is 0 Å². The molecule has 0 bridgehead atoms. The molecule has 220 valence electrons. The van der Waals surface area contributed by atoms with E-state index >= 15 is 0 Å². The Balaban J connectivity index is 1.03. The second-order valence-electron chi connectivity index (χ2n) is 11.4. The molecule has 8 heteroatoms. The van der Waals surface area contributed by atoms with Crippen molar-refractivity contribution < 1.29 is 9.59 Å². The minimum atomic E-state index is 0.240. The third-order valence-electron chi connectivity index (χ3n) is 8.40. The van der Waals surface area contributed by atoms with Crippen molar-refractivity contribution in [2.75, 3.05) is 0 Å². The zero-order valence-corrected chi connectivity index (χ0v) is 24.5. The fourth-order valence-corrected chi connectivity index (χ4v) is 6.22. The summed E-state index contributed by atoms with van der Waals surface area (Å²) in [5.41, 5.74) is 8.34. The van der Waals surface area contributed by atoms with Gasteiger partial charge >= 0.3 is 0 Å². The number of imidazole rings is 1. The van der Waals surface area contributed by atoms with E-state index in [0.29, 0.717) is 18.0 Å². The van der Waals surface area contributed by atoms with Crippen molar-refractivity contribution in [2.24, 2.45) is 0 Å². The number of pyridine rings is 1. The van der Waals surface area contributed by atoms with Crippen LogP contribution in [0.1, 0.15) is 52.9 Å². The van der Waals surface area contributed by atoms with Crippen LogP contribution in [0, 0.1) is 4.91 Å². The number of rotatable bonds is 11. The van der Waals surface area contributed by atoms with Crippen molar-refractivity contribution in [3.05, 3.63) is 142 Å². The first-order chi connectivity index (χ1) is 21.7. The van der Waals surface area contributed by atoms with Crippen molar-refractivity contribution >= 4 is 16.7 Å². The number of aryl methyl sites for hydroxylation is 1. The lowest BCUT2D eigenvalue weighted by Gasteiger charge is -2.34. The number of hydrogen-bond acceptors (Lipinski definition) is 6. The van der Waals surface area contributed by atoms with Gasteiger partial charge in [0.1, 0.15) is 17.3 Å². The lowest BCUT2D eigenvalue weighted by Crippen LogP contribution is -2.56. The number of aromatic amines is 1. The Morgan fingerprint density at radius 2 is 1.73 bits per heavy atom. The Bertz CT molecular complexity index is 1840. The van der Waals surface area contributed by atoms with E-state index in [2.05, 4.69) is 57.7 Å². The number of nitrogens with one attached hydrogen (secondary N) is 3. The largest absolute Gasteiger partial charge is 0.459 e. The standard InChI is InChI=1S/C36H34N6O2/c43-41-30-10-2-1-9-29(30)34-19-18-28(44-34)22-37-21-25-14-16-26(17-15-25)23-42(24-35-39-31-11-3-4-12-32(31)40-35)33-13-5-7-27-8-6-20-38-36(27)33/h1-4,6,8-12,14-20,33,37H,5,7,13,21-24H2,(H,39,40)/p+1. The summed E-state index contributed by atoms with van der Waals surface area (Å²) >= 11 is 0. The number of nitroso groups, excluding NO2 is 1. The monoisotopic (exact) mass is 583 g/mol. The summed E-state index contributed by atoms with van der Waals surface area (Å²) in [7, 11) is 0. The molecule has 0 radical (unpaired) electrons. The maximum atomic E-state index is 11.3. The third kappa shape index (κ3) is 6.08. The smallest absolute Gasteiger partial charge is 0.264 e. The van der Waals surface area contributed by atoms with Gasteiger partial charge in [-0.2, -0.15) is 0 Å². The molecule has 0 amide bonds. The van der Waals surface area contributed by atoms with E-state index in [0.717, 1.165) is 67.1 Å². The van der Waals surface area contributed by atoms with Crippen LogP contribution in [0.25, 0.3) is 22.4 Å². The molecule has 1 unspecified atom stereocenters. The molecule has 3 aromatic carbocycles. The number of benzene rings is 3. The maximum absolute atomic E-state index is 11.3. The number of fused-ring (bicyclic) bond motifs is 2. The molecule has 3 N–H and O–H groups in total. The van der Waals surface area contributed by atoms with Gasteiger partial charge in [-0.25, -0.2) is 4.98 Å². The normalized spacial score (nSPS) is 14.6. The molecule has 0 saturated heterocycles. The van der Waals surface area contributed by atoms with Crippen LogP contribution in [-0.4, -0.2) is 19.9 Å². The Kier molecular flexibility index (Phi) is 8.08. The highest BCUT2D eigenvalue weighted by Crippen LogP contribution is 2.35. The number of hydrogen-bond donors (Lipinski definition) is 3. The molecule has 1 aliphatic rings. The molecule has 0 fully saturated rings. The highest BCUT2D eigenvalue weighted by Gasteiger charge is 2.28. The molecule has 6 aromatic rings. The minimum absolute atomic E-state index is 0.240. The van der Waals surface area contributed by atoms with Gasteiger partial charge in [0.15, 0.2) is 0 Å². The van der Waals surface area contributed by atoms with Crippen LogP contribution in [0.2, 0.25) is 0 Å². The summed E-state index contributed by atoms with van der Waals surface area (Å²) in [5, 5.41) is 5.47. The molecule has 0 saturated carbocycles. The molecule has 7 rings (SSSR count). The van der Waals surface area contributed by atoms with Gasteiger partial charge in [0, 0.05) is 35.4 Å². The van der Waals surface area contributed by atoms with Gasteiger partial charge in [0.25, 0.3) is 5.69 Å². The second-order valence-corrected chi connectivity index (χ2v) is 11.4. The summed E-state index contributed by atoms with van der Waals surface area (Å²) in [4.78, 5) is 27.1. The number of nitrogens with zero attached hydrogens (tertiary/aromatic N) is 3. The molecule has 0 spiro atoms. The van der Waals surface area contributed by atoms with E-state index in [4.69, 9.17) is 14.4 Å². The molecule has 3 heterocycles. The van der Waals surface area contributed by atoms with Crippen LogP contribution < -0.4 is 10.5 Å². The van der Waals surface area contributed by atoms with Crippen molar-refractivity contribution in [3.8, 4) is 11.3 Å². The number of aromatic nitrogens is 3. The van der Waals surface area contributed by atoms with Crippen LogP contribution in [-0.2, 0) is 32.6 Å². The van der Waals surface area contributed by atoms with Gasteiger partial charge in [-0.3, -0.25) is 9.88 Å². The quantitative estimate of drug-likeness (QED) is 0.171. The first-order valence-electron chi connectivity index (χ1n) is 15.2. The highest BCUT2D eigenvalue weighted by atomic mass is 16.3. The SMILES string of the molecule is O=[NH+]c1ccccc1-c1ccc(CNCc2ccc(CN(Cc3nc4ccccc4[nH]3)C3CCCc4cccnc43)cc2)o1. The fourth-order valence-electron chi connectivity index (χ4n) is 6.22. The summed E-state index contributed by atoms with van der Waals surface area (Å²) in [6.45, 7) is 2.84. The number of H-pyrrole nitrogens is 1. The van der Waals surface area contributed by atoms with E-state index in [9.17, 15) is 4.91 Å². The zero-order valence-electron chi connectivity index (χ0n) is 24.5. The first kappa shape index (κ1) is 27.9. The Hall–Kier alpha value is -4.92. The number of furan rings is 1. The van der Waals surface area contributed by atoms with Gasteiger partial charge < -0.3 is 14.7 Å².